The van der Waals surface area contributed by atoms with Crippen LogP contribution in [0.1, 0.15) is 38.2 Å². The standard InChI is InChI=1S/C12H18.C6H5N3/c1-2-3-4-6-9-12-10-7-5-8-11-12;1-2-4-6-5(3-1)7-9-8-6/h5,7-8,10-11H,2-4,6,9H2,1H3;1-4H,(H,7,8,9). The Hall–Kier alpha value is -2.16. The van der Waals surface area contributed by atoms with E-state index in [1.807, 2.05) is 24.3 Å². The van der Waals surface area contributed by atoms with E-state index in [4.69, 9.17) is 0 Å². The van der Waals surface area contributed by atoms with Crippen molar-refractivity contribution in [2.75, 3.05) is 0 Å². The second-order valence-electron chi connectivity index (χ2n) is 5.11. The Labute approximate surface area is 126 Å². The SMILES string of the molecule is CCCCCCc1ccccc1.c1ccc2n[nH]nc2c1. The summed E-state index contributed by atoms with van der Waals surface area (Å²) in [5.74, 6) is 0. The quantitative estimate of drug-likeness (QED) is 0.685. The molecule has 3 aromatic rings. The molecular weight excluding hydrogens is 258 g/mol. The highest BCUT2D eigenvalue weighted by molar-refractivity contribution is 5.72. The van der Waals surface area contributed by atoms with Gasteiger partial charge >= 0.3 is 0 Å². The monoisotopic (exact) mass is 281 g/mol. The molecule has 0 unspecified atom stereocenters. The zero-order valence-electron chi connectivity index (χ0n) is 12.6. The molecule has 1 N–H and O–H groups in total. The van der Waals surface area contributed by atoms with E-state index in [2.05, 4.69) is 52.7 Å². The fraction of sp³-hybridized carbons (Fsp3) is 0.333. The molecule has 2 aromatic carbocycles. The highest BCUT2D eigenvalue weighted by Gasteiger charge is 1.91. The molecule has 0 saturated heterocycles. The van der Waals surface area contributed by atoms with Crippen LogP contribution < -0.4 is 0 Å². The summed E-state index contributed by atoms with van der Waals surface area (Å²) in [6, 6.07) is 18.4. The summed E-state index contributed by atoms with van der Waals surface area (Å²) < 4.78 is 0. The number of nitrogens with one attached hydrogen (secondary N) is 1. The topological polar surface area (TPSA) is 41.6 Å². The van der Waals surface area contributed by atoms with Crippen molar-refractivity contribution in [1.82, 2.24) is 15.4 Å². The Morgan fingerprint density at radius 1 is 0.762 bits per heavy atom. The number of para-hydroxylation sites is 2. The number of hydrogen-bond donors (Lipinski definition) is 1. The Morgan fingerprint density at radius 2 is 1.38 bits per heavy atom. The van der Waals surface area contributed by atoms with E-state index in [1.165, 1.54) is 37.7 Å². The van der Waals surface area contributed by atoms with Gasteiger partial charge in [-0.1, -0.05) is 68.7 Å². The summed E-state index contributed by atoms with van der Waals surface area (Å²) in [5, 5.41) is 10.3. The maximum atomic E-state index is 3.88. The van der Waals surface area contributed by atoms with E-state index >= 15 is 0 Å². The number of unbranched alkanes of at least 4 members (excludes halogenated alkanes) is 3. The highest BCUT2D eigenvalue weighted by Crippen LogP contribution is 2.07. The lowest BCUT2D eigenvalue weighted by Crippen LogP contribution is -1.84. The summed E-state index contributed by atoms with van der Waals surface area (Å²) in [5.41, 5.74) is 3.31. The molecule has 0 aliphatic rings. The van der Waals surface area contributed by atoms with Crippen LogP contribution in [-0.4, -0.2) is 15.4 Å². The van der Waals surface area contributed by atoms with Gasteiger partial charge in [-0.3, -0.25) is 0 Å². The number of aryl methyl sites for hydroxylation is 1. The normalized spacial score (nSPS) is 10.1. The van der Waals surface area contributed by atoms with Gasteiger partial charge in [-0.25, -0.2) is 0 Å². The molecule has 0 bridgehead atoms. The average molecular weight is 281 g/mol. The largest absolute Gasteiger partial charge is 0.197 e. The molecule has 0 atom stereocenters. The highest BCUT2D eigenvalue weighted by atomic mass is 15.3. The van der Waals surface area contributed by atoms with Gasteiger partial charge < -0.3 is 0 Å². The molecule has 21 heavy (non-hydrogen) atoms. The van der Waals surface area contributed by atoms with E-state index in [9.17, 15) is 0 Å². The van der Waals surface area contributed by atoms with Crippen molar-refractivity contribution < 1.29 is 0 Å². The lowest BCUT2D eigenvalue weighted by molar-refractivity contribution is 0.667. The van der Waals surface area contributed by atoms with Gasteiger partial charge in [-0.15, -0.1) is 0 Å². The third kappa shape index (κ3) is 5.38. The lowest BCUT2D eigenvalue weighted by atomic mass is 10.1. The lowest BCUT2D eigenvalue weighted by Gasteiger charge is -1.99. The number of H-pyrrole nitrogens is 1. The second kappa shape index (κ2) is 8.90. The maximum absolute atomic E-state index is 3.88. The maximum Gasteiger partial charge on any atom is 0.112 e. The van der Waals surface area contributed by atoms with Crippen LogP contribution in [-0.2, 0) is 6.42 Å². The molecule has 0 radical (unpaired) electrons. The van der Waals surface area contributed by atoms with Crippen LogP contribution in [0.2, 0.25) is 0 Å². The van der Waals surface area contributed by atoms with Crippen LogP contribution in [0.3, 0.4) is 0 Å². The first-order chi connectivity index (χ1) is 10.4. The molecule has 0 spiro atoms. The van der Waals surface area contributed by atoms with Crippen LogP contribution in [0.4, 0.5) is 0 Å². The van der Waals surface area contributed by atoms with E-state index < -0.39 is 0 Å². The summed E-state index contributed by atoms with van der Waals surface area (Å²) in [7, 11) is 0. The molecule has 0 fully saturated rings. The van der Waals surface area contributed by atoms with Gasteiger partial charge in [0.05, 0.1) is 0 Å². The zero-order valence-corrected chi connectivity index (χ0v) is 12.6. The van der Waals surface area contributed by atoms with Gasteiger partial charge in [0, 0.05) is 0 Å². The number of aromatic nitrogens is 3. The predicted molar refractivity (Wildman–Crippen MR) is 88.2 cm³/mol. The Bertz CT molecular complexity index is 586. The molecule has 1 heterocycles. The smallest absolute Gasteiger partial charge is 0.112 e. The number of aromatic amines is 1. The van der Waals surface area contributed by atoms with Crippen molar-refractivity contribution in [3.63, 3.8) is 0 Å². The first-order valence-corrected chi connectivity index (χ1v) is 7.69. The molecule has 3 nitrogen and oxygen atoms in total. The van der Waals surface area contributed by atoms with Crippen LogP contribution in [0.25, 0.3) is 11.0 Å². The van der Waals surface area contributed by atoms with Crippen molar-refractivity contribution in [1.29, 1.82) is 0 Å². The van der Waals surface area contributed by atoms with Crippen molar-refractivity contribution in [2.45, 2.75) is 39.0 Å². The third-order valence-electron chi connectivity index (χ3n) is 3.38. The summed E-state index contributed by atoms with van der Waals surface area (Å²) in [6.45, 7) is 2.25. The van der Waals surface area contributed by atoms with Gasteiger partial charge in [-0.2, -0.15) is 15.4 Å². The number of rotatable bonds is 5. The fourth-order valence-electron chi connectivity index (χ4n) is 2.19. The zero-order chi connectivity index (χ0) is 14.8. The molecular formula is C18H23N3. The minimum Gasteiger partial charge on any atom is -0.197 e. The van der Waals surface area contributed by atoms with Crippen LogP contribution in [0.15, 0.2) is 54.6 Å². The van der Waals surface area contributed by atoms with Crippen LogP contribution in [0.5, 0.6) is 0 Å². The summed E-state index contributed by atoms with van der Waals surface area (Å²) >= 11 is 0. The minimum atomic E-state index is 0.914. The fourth-order valence-corrected chi connectivity index (χ4v) is 2.19. The Morgan fingerprint density at radius 3 is 2.00 bits per heavy atom. The number of fused-ring (bicyclic) bond motifs is 1. The molecule has 1 aromatic heterocycles. The molecule has 3 rings (SSSR count). The third-order valence-corrected chi connectivity index (χ3v) is 3.38. The van der Waals surface area contributed by atoms with E-state index in [0.717, 1.165) is 11.0 Å². The second-order valence-corrected chi connectivity index (χ2v) is 5.11. The molecule has 3 heteroatoms. The number of hydrogen-bond acceptors (Lipinski definition) is 2. The Balaban J connectivity index is 0.000000159. The van der Waals surface area contributed by atoms with Gasteiger partial charge in [-0.05, 0) is 30.5 Å². The van der Waals surface area contributed by atoms with E-state index in [0.29, 0.717) is 0 Å². The minimum absolute atomic E-state index is 0.914. The predicted octanol–water partition coefficient (Wildman–Crippen LogP) is 4.77. The first kappa shape index (κ1) is 15.2. The van der Waals surface area contributed by atoms with Gasteiger partial charge in [0.1, 0.15) is 11.0 Å². The number of benzene rings is 2. The van der Waals surface area contributed by atoms with E-state index in [1.54, 1.807) is 0 Å². The summed E-state index contributed by atoms with van der Waals surface area (Å²) in [6.07, 6.45) is 6.69. The first-order valence-electron chi connectivity index (χ1n) is 7.69. The summed E-state index contributed by atoms with van der Waals surface area (Å²) in [4.78, 5) is 0. The van der Waals surface area contributed by atoms with Crippen LogP contribution in [0, 0.1) is 0 Å². The molecule has 0 amide bonds. The van der Waals surface area contributed by atoms with Gasteiger partial charge in [0.25, 0.3) is 0 Å². The molecule has 110 valence electrons. The van der Waals surface area contributed by atoms with Crippen molar-refractivity contribution >= 4 is 11.0 Å². The molecule has 0 aliphatic heterocycles. The van der Waals surface area contributed by atoms with Crippen molar-refractivity contribution in [3.05, 3.63) is 60.2 Å². The van der Waals surface area contributed by atoms with Gasteiger partial charge in [0.15, 0.2) is 0 Å². The van der Waals surface area contributed by atoms with Gasteiger partial charge in [0.2, 0.25) is 0 Å². The molecule has 0 aliphatic carbocycles. The number of nitrogens with zero attached hydrogens (tertiary/aromatic N) is 2. The molecule has 0 saturated carbocycles. The van der Waals surface area contributed by atoms with E-state index in [-0.39, 0.29) is 0 Å². The Kier molecular flexibility index (Phi) is 6.46. The van der Waals surface area contributed by atoms with Crippen molar-refractivity contribution in [3.8, 4) is 0 Å². The van der Waals surface area contributed by atoms with Crippen LogP contribution >= 0.6 is 0 Å². The van der Waals surface area contributed by atoms with Crippen molar-refractivity contribution in [2.24, 2.45) is 0 Å². The average Bonchev–Trinajstić information content (AvgIpc) is 3.02.